The molecule has 0 spiro atoms. The zero-order valence-corrected chi connectivity index (χ0v) is 11.5. The normalized spacial score (nSPS) is 26.5. The van der Waals surface area contributed by atoms with Crippen LogP contribution in [0.15, 0.2) is 18.2 Å². The summed E-state index contributed by atoms with van der Waals surface area (Å²) in [6.45, 7) is 0.666. The molecule has 0 aliphatic carbocycles. The van der Waals surface area contributed by atoms with Crippen LogP contribution in [0.3, 0.4) is 0 Å². The molecule has 4 nitrogen and oxygen atoms in total. The number of hydrogen-bond donors (Lipinski definition) is 1. The molecular formula is C14H18O4S. The van der Waals surface area contributed by atoms with Gasteiger partial charge < -0.3 is 9.84 Å². The summed E-state index contributed by atoms with van der Waals surface area (Å²) in [5, 5.41) is 10.5. The van der Waals surface area contributed by atoms with Crippen molar-refractivity contribution < 1.29 is 18.3 Å². The zero-order valence-electron chi connectivity index (χ0n) is 10.7. The van der Waals surface area contributed by atoms with Gasteiger partial charge in [0.1, 0.15) is 5.75 Å². The molecule has 2 unspecified atom stereocenters. The number of aliphatic hydroxyl groups excluding tert-OH is 1. The fourth-order valence-electron chi connectivity index (χ4n) is 2.97. The Hall–Kier alpha value is -1.07. The van der Waals surface area contributed by atoms with E-state index < -0.39 is 15.9 Å². The summed E-state index contributed by atoms with van der Waals surface area (Å²) < 4.78 is 28.7. The van der Waals surface area contributed by atoms with Gasteiger partial charge >= 0.3 is 0 Å². The molecule has 0 aromatic heterocycles. The van der Waals surface area contributed by atoms with Crippen molar-refractivity contribution in [2.75, 3.05) is 18.1 Å². The molecular weight excluding hydrogens is 264 g/mol. The molecule has 19 heavy (non-hydrogen) atoms. The van der Waals surface area contributed by atoms with Gasteiger partial charge in [-0.2, -0.15) is 0 Å². The predicted octanol–water partition coefficient (Wildman–Crippen LogP) is 1.48. The third-order valence-electron chi connectivity index (χ3n) is 4.00. The summed E-state index contributed by atoms with van der Waals surface area (Å²) >= 11 is 0. The molecule has 0 bridgehead atoms. The van der Waals surface area contributed by atoms with E-state index in [1.165, 1.54) is 0 Å². The van der Waals surface area contributed by atoms with Crippen LogP contribution in [0.1, 0.15) is 30.1 Å². The van der Waals surface area contributed by atoms with Crippen molar-refractivity contribution in [3.8, 4) is 5.75 Å². The second-order valence-electron chi connectivity index (χ2n) is 5.40. The smallest absolute Gasteiger partial charge is 0.150 e. The standard InChI is InChI=1S/C14H18O4S/c15-13(11-6-8-19(16,17)9-11)12-5-1-3-10-4-2-7-18-14(10)12/h1,3,5,11,13,15H,2,4,6-9H2. The fraction of sp³-hybridized carbons (Fsp3) is 0.571. The Morgan fingerprint density at radius 1 is 1.37 bits per heavy atom. The molecule has 1 fully saturated rings. The highest BCUT2D eigenvalue weighted by molar-refractivity contribution is 7.91. The van der Waals surface area contributed by atoms with Crippen LogP contribution in [0, 0.1) is 5.92 Å². The Labute approximate surface area is 113 Å². The number of rotatable bonds is 2. The Balaban J connectivity index is 1.90. The van der Waals surface area contributed by atoms with Gasteiger partial charge in [-0.05, 0) is 24.8 Å². The van der Waals surface area contributed by atoms with E-state index >= 15 is 0 Å². The Morgan fingerprint density at radius 2 is 2.21 bits per heavy atom. The van der Waals surface area contributed by atoms with Gasteiger partial charge in [-0.3, -0.25) is 0 Å². The highest BCUT2D eigenvalue weighted by atomic mass is 32.2. The van der Waals surface area contributed by atoms with E-state index in [-0.39, 0.29) is 17.4 Å². The fourth-order valence-corrected chi connectivity index (χ4v) is 4.80. The van der Waals surface area contributed by atoms with Crippen molar-refractivity contribution >= 4 is 9.84 Å². The first-order chi connectivity index (χ1) is 9.07. The number of aliphatic hydroxyl groups is 1. The minimum atomic E-state index is -2.97. The minimum absolute atomic E-state index is 0.0812. The highest BCUT2D eigenvalue weighted by Crippen LogP contribution is 2.38. The second-order valence-corrected chi connectivity index (χ2v) is 7.62. The molecule has 3 rings (SSSR count). The average Bonchev–Trinajstić information content (AvgIpc) is 2.78. The van der Waals surface area contributed by atoms with Crippen LogP contribution in [0.2, 0.25) is 0 Å². The Bertz CT molecular complexity index is 579. The van der Waals surface area contributed by atoms with Crippen molar-refractivity contribution in [2.24, 2.45) is 5.92 Å². The molecule has 0 radical (unpaired) electrons. The molecule has 1 N–H and O–H groups in total. The summed E-state index contributed by atoms with van der Waals surface area (Å²) in [6.07, 6.45) is 1.74. The highest BCUT2D eigenvalue weighted by Gasteiger charge is 2.35. The van der Waals surface area contributed by atoms with Crippen molar-refractivity contribution in [1.82, 2.24) is 0 Å². The number of aryl methyl sites for hydroxylation is 1. The van der Waals surface area contributed by atoms with E-state index in [0.29, 0.717) is 13.0 Å². The van der Waals surface area contributed by atoms with Gasteiger partial charge in [-0.15, -0.1) is 0 Å². The molecule has 2 heterocycles. The van der Waals surface area contributed by atoms with Gasteiger partial charge in [0, 0.05) is 11.5 Å². The van der Waals surface area contributed by atoms with Crippen molar-refractivity contribution in [1.29, 1.82) is 0 Å². The Kier molecular flexibility index (Phi) is 3.27. The van der Waals surface area contributed by atoms with E-state index in [0.717, 1.165) is 29.7 Å². The lowest BCUT2D eigenvalue weighted by Crippen LogP contribution is -2.18. The van der Waals surface area contributed by atoms with Gasteiger partial charge in [-0.1, -0.05) is 18.2 Å². The lowest BCUT2D eigenvalue weighted by Gasteiger charge is -2.25. The third kappa shape index (κ3) is 2.49. The molecule has 104 valence electrons. The maximum Gasteiger partial charge on any atom is 0.150 e. The van der Waals surface area contributed by atoms with E-state index in [1.54, 1.807) is 0 Å². The SMILES string of the molecule is O=S1(=O)CCC(C(O)c2cccc3c2OCCC3)C1. The largest absolute Gasteiger partial charge is 0.493 e. The molecule has 1 saturated heterocycles. The number of hydrogen-bond acceptors (Lipinski definition) is 4. The first kappa shape index (κ1) is 12.9. The maximum absolute atomic E-state index is 11.5. The maximum atomic E-state index is 11.5. The van der Waals surface area contributed by atoms with Crippen LogP contribution >= 0.6 is 0 Å². The topological polar surface area (TPSA) is 63.6 Å². The van der Waals surface area contributed by atoms with Crippen LogP contribution in [-0.2, 0) is 16.3 Å². The summed E-state index contributed by atoms with van der Waals surface area (Å²) in [7, 11) is -2.97. The zero-order chi connectivity index (χ0) is 13.5. The van der Waals surface area contributed by atoms with Gasteiger partial charge in [-0.25, -0.2) is 8.42 Å². The van der Waals surface area contributed by atoms with Crippen molar-refractivity contribution in [3.63, 3.8) is 0 Å². The predicted molar refractivity (Wildman–Crippen MR) is 72.0 cm³/mol. The van der Waals surface area contributed by atoms with Crippen LogP contribution in [0.25, 0.3) is 0 Å². The van der Waals surface area contributed by atoms with Crippen LogP contribution in [-0.4, -0.2) is 31.6 Å². The quantitative estimate of drug-likeness (QED) is 0.892. The molecule has 0 amide bonds. The van der Waals surface area contributed by atoms with Crippen molar-refractivity contribution in [2.45, 2.75) is 25.4 Å². The number of benzene rings is 1. The van der Waals surface area contributed by atoms with Crippen LogP contribution < -0.4 is 4.74 Å². The summed E-state index contributed by atoms with van der Waals surface area (Å²) in [6, 6.07) is 5.77. The van der Waals surface area contributed by atoms with E-state index in [9.17, 15) is 13.5 Å². The van der Waals surface area contributed by atoms with E-state index in [1.807, 2.05) is 18.2 Å². The molecule has 1 aromatic carbocycles. The third-order valence-corrected chi connectivity index (χ3v) is 5.79. The van der Waals surface area contributed by atoms with Gasteiger partial charge in [0.2, 0.25) is 0 Å². The monoisotopic (exact) mass is 282 g/mol. The van der Waals surface area contributed by atoms with Gasteiger partial charge in [0.15, 0.2) is 9.84 Å². The summed E-state index contributed by atoms with van der Waals surface area (Å²) in [5.74, 6) is 0.829. The molecule has 0 saturated carbocycles. The second kappa shape index (κ2) is 4.80. The molecule has 1 aromatic rings. The lowest BCUT2D eigenvalue weighted by atomic mass is 9.92. The van der Waals surface area contributed by atoms with Crippen molar-refractivity contribution in [3.05, 3.63) is 29.3 Å². The molecule has 2 aliphatic rings. The summed E-state index contributed by atoms with van der Waals surface area (Å²) in [5.41, 5.74) is 1.86. The van der Waals surface area contributed by atoms with E-state index in [4.69, 9.17) is 4.74 Å². The van der Waals surface area contributed by atoms with Gasteiger partial charge in [0.05, 0.1) is 24.2 Å². The summed E-state index contributed by atoms with van der Waals surface area (Å²) in [4.78, 5) is 0. The number of sulfone groups is 1. The van der Waals surface area contributed by atoms with Crippen LogP contribution in [0.4, 0.5) is 0 Å². The molecule has 2 atom stereocenters. The first-order valence-corrected chi connectivity index (χ1v) is 8.52. The average molecular weight is 282 g/mol. The minimum Gasteiger partial charge on any atom is -0.493 e. The number of para-hydroxylation sites is 1. The Morgan fingerprint density at radius 3 is 2.95 bits per heavy atom. The number of ether oxygens (including phenoxy) is 1. The van der Waals surface area contributed by atoms with E-state index in [2.05, 4.69) is 0 Å². The lowest BCUT2D eigenvalue weighted by molar-refractivity contribution is 0.115. The molecule has 5 heteroatoms. The molecule has 2 aliphatic heterocycles. The first-order valence-electron chi connectivity index (χ1n) is 6.70. The number of fused-ring (bicyclic) bond motifs is 1. The van der Waals surface area contributed by atoms with Crippen LogP contribution in [0.5, 0.6) is 5.75 Å². The van der Waals surface area contributed by atoms with Gasteiger partial charge in [0.25, 0.3) is 0 Å².